The van der Waals surface area contributed by atoms with Gasteiger partial charge >= 0.3 is 0 Å². The molecule has 0 aliphatic heterocycles. The molecule has 4 heteroatoms. The molecule has 100 valence electrons. The molecule has 1 aliphatic carbocycles. The zero-order valence-corrected chi connectivity index (χ0v) is 11.0. The van der Waals surface area contributed by atoms with Crippen molar-refractivity contribution >= 4 is 5.82 Å². The minimum Gasteiger partial charge on any atom is -0.349 e. The van der Waals surface area contributed by atoms with Crippen molar-refractivity contribution in [3.8, 4) is 6.07 Å². The van der Waals surface area contributed by atoms with Gasteiger partial charge in [-0.3, -0.25) is 0 Å². The standard InChI is InChI=1S/C16H14FN3/c17-15-6-2-1-4-12(15)11-20(14-8-9-14)16-7-3-5-13(10-18)19-16/h1-7,14H,8-9,11H2. The average molecular weight is 267 g/mol. The van der Waals surface area contributed by atoms with Crippen LogP contribution in [-0.4, -0.2) is 11.0 Å². The maximum absolute atomic E-state index is 13.8. The molecule has 2 aromatic rings. The van der Waals surface area contributed by atoms with Crippen LogP contribution < -0.4 is 4.90 Å². The summed E-state index contributed by atoms with van der Waals surface area (Å²) in [5, 5.41) is 8.94. The summed E-state index contributed by atoms with van der Waals surface area (Å²) >= 11 is 0. The zero-order chi connectivity index (χ0) is 13.9. The average Bonchev–Trinajstić information content (AvgIpc) is 3.31. The van der Waals surface area contributed by atoms with E-state index in [2.05, 4.69) is 9.88 Å². The fraction of sp³-hybridized carbons (Fsp3) is 0.250. The van der Waals surface area contributed by atoms with E-state index in [-0.39, 0.29) is 5.82 Å². The number of hydrogen-bond donors (Lipinski definition) is 0. The van der Waals surface area contributed by atoms with Crippen molar-refractivity contribution in [3.05, 3.63) is 59.5 Å². The van der Waals surface area contributed by atoms with E-state index in [1.165, 1.54) is 6.07 Å². The fourth-order valence-corrected chi connectivity index (χ4v) is 2.24. The topological polar surface area (TPSA) is 39.9 Å². The molecule has 1 aromatic carbocycles. The van der Waals surface area contributed by atoms with E-state index in [1.54, 1.807) is 18.2 Å². The van der Waals surface area contributed by atoms with Gasteiger partial charge in [0.1, 0.15) is 23.4 Å². The van der Waals surface area contributed by atoms with Gasteiger partial charge in [0.2, 0.25) is 0 Å². The summed E-state index contributed by atoms with van der Waals surface area (Å²) in [5.41, 5.74) is 1.05. The van der Waals surface area contributed by atoms with Gasteiger partial charge in [0, 0.05) is 18.2 Å². The highest BCUT2D eigenvalue weighted by Crippen LogP contribution is 2.32. The summed E-state index contributed by atoms with van der Waals surface area (Å²) in [6.07, 6.45) is 2.18. The molecule has 1 heterocycles. The molecule has 0 atom stereocenters. The maximum Gasteiger partial charge on any atom is 0.142 e. The second-order valence-corrected chi connectivity index (χ2v) is 4.94. The number of benzene rings is 1. The van der Waals surface area contributed by atoms with Crippen LogP contribution in [-0.2, 0) is 6.54 Å². The monoisotopic (exact) mass is 267 g/mol. The quantitative estimate of drug-likeness (QED) is 0.853. The Labute approximate surface area is 117 Å². The number of rotatable bonds is 4. The van der Waals surface area contributed by atoms with Crippen LogP contribution in [0.3, 0.4) is 0 Å². The van der Waals surface area contributed by atoms with Gasteiger partial charge in [-0.1, -0.05) is 24.3 Å². The van der Waals surface area contributed by atoms with Gasteiger partial charge in [-0.2, -0.15) is 5.26 Å². The number of nitriles is 1. The molecule has 0 saturated heterocycles. The lowest BCUT2D eigenvalue weighted by atomic mass is 10.2. The molecule has 0 radical (unpaired) electrons. The first kappa shape index (κ1) is 12.6. The highest BCUT2D eigenvalue weighted by molar-refractivity contribution is 5.45. The number of aromatic nitrogens is 1. The van der Waals surface area contributed by atoms with E-state index in [1.807, 2.05) is 24.3 Å². The minimum atomic E-state index is -0.199. The Morgan fingerprint density at radius 3 is 2.70 bits per heavy atom. The van der Waals surface area contributed by atoms with E-state index >= 15 is 0 Å². The van der Waals surface area contributed by atoms with Crippen molar-refractivity contribution in [3.63, 3.8) is 0 Å². The van der Waals surface area contributed by atoms with Gasteiger partial charge in [0.15, 0.2) is 0 Å². The Morgan fingerprint density at radius 2 is 2.00 bits per heavy atom. The van der Waals surface area contributed by atoms with Gasteiger partial charge in [-0.05, 0) is 31.0 Å². The van der Waals surface area contributed by atoms with Crippen molar-refractivity contribution < 1.29 is 4.39 Å². The van der Waals surface area contributed by atoms with E-state index in [0.29, 0.717) is 23.8 Å². The van der Waals surface area contributed by atoms with Gasteiger partial charge in [0.25, 0.3) is 0 Å². The fourth-order valence-electron chi connectivity index (χ4n) is 2.24. The number of nitrogens with zero attached hydrogens (tertiary/aromatic N) is 3. The molecule has 0 bridgehead atoms. The lowest BCUT2D eigenvalue weighted by molar-refractivity contribution is 0.602. The smallest absolute Gasteiger partial charge is 0.142 e. The SMILES string of the molecule is N#Cc1cccc(N(Cc2ccccc2F)C2CC2)n1. The predicted molar refractivity (Wildman–Crippen MR) is 74.6 cm³/mol. The van der Waals surface area contributed by atoms with Crippen LogP contribution in [0.2, 0.25) is 0 Å². The normalized spacial score (nSPS) is 13.8. The van der Waals surface area contributed by atoms with Crippen molar-refractivity contribution in [1.82, 2.24) is 4.98 Å². The van der Waals surface area contributed by atoms with E-state index < -0.39 is 0 Å². The third-order valence-electron chi connectivity index (χ3n) is 3.43. The third kappa shape index (κ3) is 2.62. The molecule has 3 rings (SSSR count). The molecule has 3 nitrogen and oxygen atoms in total. The number of halogens is 1. The van der Waals surface area contributed by atoms with Gasteiger partial charge < -0.3 is 4.90 Å². The van der Waals surface area contributed by atoms with Crippen LogP contribution >= 0.6 is 0 Å². The van der Waals surface area contributed by atoms with Gasteiger partial charge in [-0.15, -0.1) is 0 Å². The largest absolute Gasteiger partial charge is 0.349 e. The van der Waals surface area contributed by atoms with Crippen molar-refractivity contribution in [1.29, 1.82) is 5.26 Å². The number of hydrogen-bond acceptors (Lipinski definition) is 3. The van der Waals surface area contributed by atoms with E-state index in [4.69, 9.17) is 5.26 Å². The molecule has 1 aliphatic rings. The molecule has 0 unspecified atom stereocenters. The Bertz CT molecular complexity index is 659. The lowest BCUT2D eigenvalue weighted by Gasteiger charge is -2.24. The van der Waals surface area contributed by atoms with Crippen LogP contribution in [0, 0.1) is 17.1 Å². The van der Waals surface area contributed by atoms with Crippen LogP contribution in [0.25, 0.3) is 0 Å². The molecule has 20 heavy (non-hydrogen) atoms. The summed E-state index contributed by atoms with van der Waals surface area (Å²) in [6.45, 7) is 0.485. The molecule has 0 N–H and O–H groups in total. The van der Waals surface area contributed by atoms with Crippen LogP contribution in [0.5, 0.6) is 0 Å². The van der Waals surface area contributed by atoms with Crippen LogP contribution in [0.1, 0.15) is 24.1 Å². The summed E-state index contributed by atoms with van der Waals surface area (Å²) in [7, 11) is 0. The predicted octanol–water partition coefficient (Wildman–Crippen LogP) is 3.26. The van der Waals surface area contributed by atoms with Crippen LogP contribution in [0.15, 0.2) is 42.5 Å². The van der Waals surface area contributed by atoms with Crippen molar-refractivity contribution in [2.75, 3.05) is 4.90 Å². The first-order chi connectivity index (χ1) is 9.78. The second-order valence-electron chi connectivity index (χ2n) is 4.94. The zero-order valence-electron chi connectivity index (χ0n) is 11.0. The molecule has 1 aromatic heterocycles. The molecular weight excluding hydrogens is 253 g/mol. The van der Waals surface area contributed by atoms with Gasteiger partial charge in [0.05, 0.1) is 0 Å². The molecule has 0 amide bonds. The molecule has 1 fully saturated rings. The Hall–Kier alpha value is -2.41. The number of pyridine rings is 1. The Balaban J connectivity index is 1.90. The lowest BCUT2D eigenvalue weighted by Crippen LogP contribution is -2.26. The maximum atomic E-state index is 13.8. The Morgan fingerprint density at radius 1 is 1.20 bits per heavy atom. The third-order valence-corrected chi connectivity index (χ3v) is 3.43. The van der Waals surface area contributed by atoms with Crippen LogP contribution in [0.4, 0.5) is 10.2 Å². The minimum absolute atomic E-state index is 0.199. The number of anilines is 1. The highest BCUT2D eigenvalue weighted by Gasteiger charge is 2.30. The summed E-state index contributed by atoms with van der Waals surface area (Å²) < 4.78 is 13.8. The summed E-state index contributed by atoms with van der Waals surface area (Å²) in [4.78, 5) is 6.40. The second kappa shape index (κ2) is 5.30. The summed E-state index contributed by atoms with van der Waals surface area (Å²) in [5.74, 6) is 0.546. The van der Waals surface area contributed by atoms with Crippen molar-refractivity contribution in [2.45, 2.75) is 25.4 Å². The first-order valence-electron chi connectivity index (χ1n) is 6.65. The molecular formula is C16H14FN3. The summed E-state index contributed by atoms with van der Waals surface area (Å²) in [6, 6.07) is 14.6. The highest BCUT2D eigenvalue weighted by atomic mass is 19.1. The Kier molecular flexibility index (Phi) is 3.34. The van der Waals surface area contributed by atoms with E-state index in [0.717, 1.165) is 18.7 Å². The molecule has 0 spiro atoms. The van der Waals surface area contributed by atoms with Crippen molar-refractivity contribution in [2.24, 2.45) is 0 Å². The van der Waals surface area contributed by atoms with E-state index in [9.17, 15) is 4.39 Å². The molecule has 1 saturated carbocycles. The van der Waals surface area contributed by atoms with Gasteiger partial charge in [-0.25, -0.2) is 9.37 Å². The first-order valence-corrected chi connectivity index (χ1v) is 6.65.